The van der Waals surface area contributed by atoms with Crippen molar-refractivity contribution in [2.24, 2.45) is 0 Å². The van der Waals surface area contributed by atoms with E-state index in [1.54, 1.807) is 0 Å². The number of hydrogen-bond acceptors (Lipinski definition) is 5. The maximum absolute atomic E-state index is 5.15. The maximum atomic E-state index is 5.15. The predicted molar refractivity (Wildman–Crippen MR) is 123 cm³/mol. The predicted octanol–water partition coefficient (Wildman–Crippen LogP) is 4.91. The largest absolute Gasteiger partial charge is 0.365 e. The second-order valence-corrected chi connectivity index (χ2v) is 9.45. The van der Waals surface area contributed by atoms with Crippen LogP contribution in [0.2, 0.25) is 0 Å². The Morgan fingerprint density at radius 2 is 1.81 bits per heavy atom. The van der Waals surface area contributed by atoms with Crippen LogP contribution in [0.4, 0.5) is 5.82 Å². The van der Waals surface area contributed by atoms with Crippen LogP contribution in [-0.2, 0) is 12.8 Å². The topological polar surface area (TPSA) is 83.8 Å². The number of aromatic amines is 1. The van der Waals surface area contributed by atoms with Crippen molar-refractivity contribution in [1.82, 2.24) is 29.5 Å². The molecule has 0 radical (unpaired) electrons. The van der Waals surface area contributed by atoms with Crippen molar-refractivity contribution in [2.75, 3.05) is 5.32 Å². The standard InChI is InChI=1S/C24H25N7/c1-24(2,3)29-20-12-26-23-25-10-14(13-31(20)23)22-16-7-5-4-6-15(16)21-17-11-27-30-18(17)8-9-19(21)28-22/h8-13,29H,4-7H2,1-3H3,(H,27,30). The molecule has 1 aliphatic rings. The van der Waals surface area contributed by atoms with Gasteiger partial charge in [0.25, 0.3) is 0 Å². The number of benzene rings is 1. The Morgan fingerprint density at radius 3 is 2.65 bits per heavy atom. The molecule has 156 valence electrons. The van der Waals surface area contributed by atoms with E-state index in [1.165, 1.54) is 29.4 Å². The van der Waals surface area contributed by atoms with Crippen molar-refractivity contribution in [2.45, 2.75) is 52.0 Å². The summed E-state index contributed by atoms with van der Waals surface area (Å²) in [7, 11) is 0. The highest BCUT2D eigenvalue weighted by Crippen LogP contribution is 2.37. The van der Waals surface area contributed by atoms with E-state index in [0.717, 1.165) is 46.3 Å². The Morgan fingerprint density at radius 1 is 1.00 bits per heavy atom. The molecule has 0 spiro atoms. The number of aryl methyl sites for hydroxylation is 1. The number of fused-ring (bicyclic) bond motifs is 6. The molecule has 1 aromatic carbocycles. The number of aromatic nitrogens is 6. The van der Waals surface area contributed by atoms with Crippen LogP contribution >= 0.6 is 0 Å². The van der Waals surface area contributed by atoms with Gasteiger partial charge in [-0.05, 0) is 69.7 Å². The van der Waals surface area contributed by atoms with Gasteiger partial charge in [-0.15, -0.1) is 0 Å². The summed E-state index contributed by atoms with van der Waals surface area (Å²) < 4.78 is 2.03. The highest BCUT2D eigenvalue weighted by molar-refractivity contribution is 6.07. The van der Waals surface area contributed by atoms with Crippen LogP contribution in [0.25, 0.3) is 38.8 Å². The van der Waals surface area contributed by atoms with E-state index >= 15 is 0 Å². The summed E-state index contributed by atoms with van der Waals surface area (Å²) in [5, 5.41) is 13.3. The molecule has 4 heterocycles. The van der Waals surface area contributed by atoms with E-state index in [0.29, 0.717) is 5.78 Å². The average Bonchev–Trinajstić information content (AvgIpc) is 3.38. The van der Waals surface area contributed by atoms with Gasteiger partial charge in [-0.1, -0.05) is 0 Å². The van der Waals surface area contributed by atoms with E-state index in [2.05, 4.69) is 64.6 Å². The van der Waals surface area contributed by atoms with Gasteiger partial charge in [-0.25, -0.2) is 15.0 Å². The van der Waals surface area contributed by atoms with Crippen molar-refractivity contribution in [3.05, 3.63) is 48.0 Å². The number of imidazole rings is 1. The van der Waals surface area contributed by atoms with Gasteiger partial charge in [0.2, 0.25) is 5.78 Å². The number of rotatable bonds is 2. The first kappa shape index (κ1) is 18.3. The van der Waals surface area contributed by atoms with E-state index < -0.39 is 0 Å². The second kappa shape index (κ2) is 6.51. The minimum absolute atomic E-state index is 0.0672. The number of nitrogens with zero attached hydrogens (tertiary/aromatic N) is 5. The molecule has 2 N–H and O–H groups in total. The molecule has 0 bridgehead atoms. The Bertz CT molecular complexity index is 1450. The molecule has 0 fully saturated rings. The smallest absolute Gasteiger partial charge is 0.235 e. The summed E-state index contributed by atoms with van der Waals surface area (Å²) >= 11 is 0. The van der Waals surface area contributed by atoms with Crippen molar-refractivity contribution in [3.63, 3.8) is 0 Å². The fourth-order valence-electron chi connectivity index (χ4n) is 4.76. The fourth-order valence-corrected chi connectivity index (χ4v) is 4.76. The van der Waals surface area contributed by atoms with Gasteiger partial charge in [0.05, 0.1) is 29.1 Å². The van der Waals surface area contributed by atoms with Crippen LogP contribution in [-0.4, -0.2) is 35.1 Å². The van der Waals surface area contributed by atoms with E-state index in [9.17, 15) is 0 Å². The van der Waals surface area contributed by atoms with Crippen LogP contribution in [0.5, 0.6) is 0 Å². The summed E-state index contributed by atoms with van der Waals surface area (Å²) in [6, 6.07) is 4.17. The third-order valence-corrected chi connectivity index (χ3v) is 6.03. The lowest BCUT2D eigenvalue weighted by Crippen LogP contribution is -2.26. The molecule has 0 saturated heterocycles. The molecule has 7 heteroatoms. The van der Waals surface area contributed by atoms with Crippen molar-refractivity contribution < 1.29 is 0 Å². The third kappa shape index (κ3) is 2.95. The first-order valence-corrected chi connectivity index (χ1v) is 10.9. The lowest BCUT2D eigenvalue weighted by atomic mass is 9.86. The zero-order valence-corrected chi connectivity index (χ0v) is 18.0. The zero-order chi connectivity index (χ0) is 21.2. The Balaban J connectivity index is 1.60. The van der Waals surface area contributed by atoms with Crippen molar-refractivity contribution in [3.8, 4) is 11.3 Å². The molecule has 7 nitrogen and oxygen atoms in total. The van der Waals surface area contributed by atoms with Gasteiger partial charge >= 0.3 is 0 Å². The molecule has 0 aliphatic heterocycles. The number of H-pyrrole nitrogens is 1. The van der Waals surface area contributed by atoms with Crippen LogP contribution < -0.4 is 5.32 Å². The van der Waals surface area contributed by atoms with Gasteiger partial charge < -0.3 is 5.32 Å². The van der Waals surface area contributed by atoms with Crippen LogP contribution in [0, 0.1) is 0 Å². The van der Waals surface area contributed by atoms with Crippen LogP contribution in [0.1, 0.15) is 44.7 Å². The molecule has 6 rings (SSSR count). The monoisotopic (exact) mass is 411 g/mol. The van der Waals surface area contributed by atoms with E-state index in [1.807, 2.05) is 23.0 Å². The SMILES string of the molecule is CC(C)(C)Nc1cnc2ncc(-c3nc4ccc5[nH]ncc5c4c4c3CCCC4)cn12. The minimum atomic E-state index is -0.0672. The Hall–Kier alpha value is -3.48. The van der Waals surface area contributed by atoms with Crippen LogP contribution in [0.15, 0.2) is 36.9 Å². The normalized spacial score (nSPS) is 14.4. The Labute approximate surface area is 179 Å². The molecule has 31 heavy (non-hydrogen) atoms. The molecule has 0 amide bonds. The fraction of sp³-hybridized carbons (Fsp3) is 0.333. The second-order valence-electron chi connectivity index (χ2n) is 9.45. The highest BCUT2D eigenvalue weighted by atomic mass is 15.2. The average molecular weight is 412 g/mol. The summed E-state index contributed by atoms with van der Waals surface area (Å²) in [4.78, 5) is 14.2. The minimum Gasteiger partial charge on any atom is -0.365 e. The highest BCUT2D eigenvalue weighted by Gasteiger charge is 2.22. The summed E-state index contributed by atoms with van der Waals surface area (Å²) in [6.07, 6.45) is 12.3. The third-order valence-electron chi connectivity index (χ3n) is 6.03. The van der Waals surface area contributed by atoms with Gasteiger partial charge in [0, 0.05) is 34.3 Å². The number of nitrogens with one attached hydrogen (secondary N) is 2. The quantitative estimate of drug-likeness (QED) is 0.431. The van der Waals surface area contributed by atoms with E-state index in [-0.39, 0.29) is 5.54 Å². The molecule has 0 unspecified atom stereocenters. The summed E-state index contributed by atoms with van der Waals surface area (Å²) in [5.74, 6) is 1.62. The number of anilines is 1. The lowest BCUT2D eigenvalue weighted by Gasteiger charge is -2.22. The maximum Gasteiger partial charge on any atom is 0.235 e. The molecule has 4 aromatic heterocycles. The molecule has 5 aromatic rings. The van der Waals surface area contributed by atoms with E-state index in [4.69, 9.17) is 4.98 Å². The number of hydrogen-bond donors (Lipinski definition) is 2. The molecular formula is C24H25N7. The molecule has 1 aliphatic carbocycles. The lowest BCUT2D eigenvalue weighted by molar-refractivity contribution is 0.629. The van der Waals surface area contributed by atoms with Crippen LogP contribution in [0.3, 0.4) is 0 Å². The first-order chi connectivity index (χ1) is 15.0. The van der Waals surface area contributed by atoms with Gasteiger partial charge in [-0.3, -0.25) is 9.50 Å². The molecule has 0 atom stereocenters. The molecular weight excluding hydrogens is 386 g/mol. The summed E-state index contributed by atoms with van der Waals surface area (Å²) in [6.45, 7) is 6.42. The van der Waals surface area contributed by atoms with Crippen molar-refractivity contribution >= 4 is 33.4 Å². The number of pyridine rings is 1. The first-order valence-electron chi connectivity index (χ1n) is 10.9. The summed E-state index contributed by atoms with van der Waals surface area (Å²) in [5.41, 5.74) is 6.83. The van der Waals surface area contributed by atoms with Gasteiger partial charge in [0.15, 0.2) is 0 Å². The molecule has 0 saturated carbocycles. The zero-order valence-electron chi connectivity index (χ0n) is 18.0. The van der Waals surface area contributed by atoms with Crippen molar-refractivity contribution in [1.29, 1.82) is 0 Å². The Kier molecular flexibility index (Phi) is 3.84. The van der Waals surface area contributed by atoms with Gasteiger partial charge in [0.1, 0.15) is 5.82 Å². The van der Waals surface area contributed by atoms with Gasteiger partial charge in [-0.2, -0.15) is 5.10 Å².